The van der Waals surface area contributed by atoms with Crippen molar-refractivity contribution in [1.82, 2.24) is 5.43 Å². The number of nitrogens with zero attached hydrogens (tertiary/aromatic N) is 1. The van der Waals surface area contributed by atoms with Crippen molar-refractivity contribution in [2.24, 2.45) is 5.10 Å². The van der Waals surface area contributed by atoms with Crippen LogP contribution in [0.25, 0.3) is 20.9 Å². The van der Waals surface area contributed by atoms with Gasteiger partial charge in [0.1, 0.15) is 0 Å². The van der Waals surface area contributed by atoms with Gasteiger partial charge in [0.2, 0.25) is 0 Å². The zero-order valence-electron chi connectivity index (χ0n) is 13.7. The van der Waals surface area contributed by atoms with Crippen LogP contribution in [0.15, 0.2) is 71.8 Å². The molecule has 0 aliphatic rings. The van der Waals surface area contributed by atoms with Gasteiger partial charge in [-0.2, -0.15) is 5.10 Å². The lowest BCUT2D eigenvalue weighted by Gasteiger charge is -2.04. The molecule has 0 aliphatic heterocycles. The molecule has 0 radical (unpaired) electrons. The molecule has 1 heterocycles. The number of amides is 1. The average molecular weight is 344 g/mol. The minimum absolute atomic E-state index is 0.202. The summed E-state index contributed by atoms with van der Waals surface area (Å²) in [5.41, 5.74) is 4.46. The van der Waals surface area contributed by atoms with Gasteiger partial charge in [0.25, 0.3) is 5.91 Å². The van der Waals surface area contributed by atoms with Crippen LogP contribution in [-0.2, 0) is 0 Å². The number of nitrogens with one attached hydrogen (secondary N) is 1. The van der Waals surface area contributed by atoms with E-state index in [2.05, 4.69) is 29.6 Å². The molecule has 0 saturated carbocycles. The van der Waals surface area contributed by atoms with Crippen LogP contribution < -0.4 is 5.43 Å². The molecule has 0 bridgehead atoms. The molecule has 4 aromatic rings. The molecular weight excluding hydrogens is 328 g/mol. The third-order valence-electron chi connectivity index (χ3n) is 4.26. The predicted octanol–water partition coefficient (Wildman–Crippen LogP) is 5.13. The third-order valence-corrected chi connectivity index (χ3v) is 5.47. The fraction of sp³-hybridized carbons (Fsp3) is 0.0476. The maximum Gasteiger partial charge on any atom is 0.271 e. The first-order chi connectivity index (χ1) is 12.2. The number of carbonyl (C=O) groups is 1. The van der Waals surface area contributed by atoms with E-state index in [9.17, 15) is 4.79 Å². The number of hydrazone groups is 1. The summed E-state index contributed by atoms with van der Waals surface area (Å²) in [7, 11) is 0. The van der Waals surface area contributed by atoms with Gasteiger partial charge in [-0.1, -0.05) is 54.6 Å². The van der Waals surface area contributed by atoms with E-state index in [1.807, 2.05) is 54.6 Å². The summed E-state index contributed by atoms with van der Waals surface area (Å²) in [5, 5.41) is 7.37. The smallest absolute Gasteiger partial charge is 0.267 e. The Morgan fingerprint density at radius 3 is 2.52 bits per heavy atom. The molecule has 0 atom stereocenters. The van der Waals surface area contributed by atoms with Gasteiger partial charge in [-0.25, -0.2) is 5.43 Å². The second-order valence-corrected chi connectivity index (χ2v) is 6.90. The van der Waals surface area contributed by atoms with Gasteiger partial charge in [-0.05, 0) is 40.8 Å². The number of carbonyl (C=O) groups excluding carboxylic acids is 1. The summed E-state index contributed by atoms with van der Waals surface area (Å²) in [6.45, 7) is 2.08. The molecule has 3 nitrogen and oxygen atoms in total. The van der Waals surface area contributed by atoms with Crippen LogP contribution in [0, 0.1) is 6.92 Å². The first-order valence-corrected chi connectivity index (χ1v) is 8.85. The zero-order chi connectivity index (χ0) is 17.2. The van der Waals surface area contributed by atoms with Crippen molar-refractivity contribution in [1.29, 1.82) is 0 Å². The van der Waals surface area contributed by atoms with Gasteiger partial charge in [-0.3, -0.25) is 4.79 Å². The highest BCUT2D eigenvalue weighted by molar-refractivity contribution is 7.20. The molecule has 0 unspecified atom stereocenters. The largest absolute Gasteiger partial charge is 0.271 e. The van der Waals surface area contributed by atoms with E-state index in [0.717, 1.165) is 15.6 Å². The Bertz CT molecular complexity index is 1110. The maximum absolute atomic E-state index is 12.5. The summed E-state index contributed by atoms with van der Waals surface area (Å²) < 4.78 is 1.22. The van der Waals surface area contributed by atoms with Crippen LogP contribution in [0.2, 0.25) is 0 Å². The predicted molar refractivity (Wildman–Crippen MR) is 106 cm³/mol. The summed E-state index contributed by atoms with van der Waals surface area (Å²) in [6.07, 6.45) is 1.73. The molecule has 0 fully saturated rings. The minimum Gasteiger partial charge on any atom is -0.267 e. The first-order valence-electron chi connectivity index (χ1n) is 8.03. The number of fused-ring (bicyclic) bond motifs is 2. The lowest BCUT2D eigenvalue weighted by molar-refractivity contribution is 0.0957. The fourth-order valence-electron chi connectivity index (χ4n) is 2.95. The molecule has 1 N–H and O–H groups in total. The lowest BCUT2D eigenvalue weighted by atomic mass is 10.0. The Morgan fingerprint density at radius 2 is 1.68 bits per heavy atom. The van der Waals surface area contributed by atoms with Gasteiger partial charge < -0.3 is 0 Å². The molecule has 0 aliphatic carbocycles. The highest BCUT2D eigenvalue weighted by atomic mass is 32.1. The zero-order valence-corrected chi connectivity index (χ0v) is 14.5. The topological polar surface area (TPSA) is 41.5 Å². The third kappa shape index (κ3) is 2.92. The standard InChI is InChI=1S/C21H16N2OS/c1-14-16-9-4-5-12-19(16)25-20(14)13-22-23-21(24)18-11-6-8-15-7-2-3-10-17(15)18/h2-13H,1H3,(H,23,24)/b22-13+. The van der Waals surface area contributed by atoms with Gasteiger partial charge >= 0.3 is 0 Å². The lowest BCUT2D eigenvalue weighted by Crippen LogP contribution is -2.17. The number of thiophene rings is 1. The van der Waals surface area contributed by atoms with Gasteiger partial charge in [0, 0.05) is 10.3 Å². The summed E-state index contributed by atoms with van der Waals surface area (Å²) in [6, 6.07) is 21.8. The Morgan fingerprint density at radius 1 is 0.960 bits per heavy atom. The van der Waals surface area contributed by atoms with Gasteiger partial charge in [0.05, 0.1) is 11.1 Å². The van der Waals surface area contributed by atoms with Crippen LogP contribution in [0.3, 0.4) is 0 Å². The van der Waals surface area contributed by atoms with E-state index in [1.54, 1.807) is 17.6 Å². The van der Waals surface area contributed by atoms with Crippen molar-refractivity contribution in [3.05, 3.63) is 82.7 Å². The molecule has 0 saturated heterocycles. The van der Waals surface area contributed by atoms with Crippen molar-refractivity contribution in [3.8, 4) is 0 Å². The van der Waals surface area contributed by atoms with Gasteiger partial charge in [-0.15, -0.1) is 11.3 Å². The van der Waals surface area contributed by atoms with E-state index in [4.69, 9.17) is 0 Å². The average Bonchev–Trinajstić information content (AvgIpc) is 2.97. The number of rotatable bonds is 3. The highest BCUT2D eigenvalue weighted by Gasteiger charge is 2.09. The number of hydrogen-bond acceptors (Lipinski definition) is 3. The molecule has 4 rings (SSSR count). The van der Waals surface area contributed by atoms with Crippen LogP contribution in [0.4, 0.5) is 0 Å². The Labute approximate surface area is 149 Å². The maximum atomic E-state index is 12.5. The van der Waals surface area contributed by atoms with Crippen LogP contribution in [0.1, 0.15) is 20.8 Å². The molecule has 0 spiro atoms. The molecule has 1 amide bonds. The van der Waals surface area contributed by atoms with Crippen molar-refractivity contribution in [3.63, 3.8) is 0 Å². The summed E-state index contributed by atoms with van der Waals surface area (Å²) >= 11 is 1.67. The Kier molecular flexibility index (Phi) is 4.04. The Balaban J connectivity index is 1.58. The van der Waals surface area contributed by atoms with Crippen molar-refractivity contribution in [2.75, 3.05) is 0 Å². The normalized spacial score (nSPS) is 11.4. The molecular formula is C21H16N2OS. The molecule has 1 aromatic heterocycles. The summed E-state index contributed by atoms with van der Waals surface area (Å²) in [4.78, 5) is 13.5. The second kappa shape index (κ2) is 6.49. The van der Waals surface area contributed by atoms with Crippen LogP contribution in [0.5, 0.6) is 0 Å². The van der Waals surface area contributed by atoms with E-state index < -0.39 is 0 Å². The van der Waals surface area contributed by atoms with Gasteiger partial charge in [0.15, 0.2) is 0 Å². The van der Waals surface area contributed by atoms with Crippen molar-refractivity contribution in [2.45, 2.75) is 6.92 Å². The summed E-state index contributed by atoms with van der Waals surface area (Å²) in [5.74, 6) is -0.202. The van der Waals surface area contributed by atoms with E-state index in [0.29, 0.717) is 5.56 Å². The van der Waals surface area contributed by atoms with E-state index in [1.165, 1.54) is 15.6 Å². The number of hydrogen-bond donors (Lipinski definition) is 1. The Hall–Kier alpha value is -2.98. The van der Waals surface area contributed by atoms with E-state index in [-0.39, 0.29) is 5.91 Å². The quantitative estimate of drug-likeness (QED) is 0.406. The van der Waals surface area contributed by atoms with Crippen LogP contribution in [-0.4, -0.2) is 12.1 Å². The van der Waals surface area contributed by atoms with Crippen molar-refractivity contribution >= 4 is 44.3 Å². The van der Waals surface area contributed by atoms with Crippen molar-refractivity contribution < 1.29 is 4.79 Å². The second-order valence-electron chi connectivity index (χ2n) is 5.81. The minimum atomic E-state index is -0.202. The molecule has 3 aromatic carbocycles. The molecule has 4 heteroatoms. The van der Waals surface area contributed by atoms with E-state index >= 15 is 0 Å². The molecule has 122 valence electrons. The fourth-order valence-corrected chi connectivity index (χ4v) is 4.03. The number of aryl methyl sites for hydroxylation is 1. The monoisotopic (exact) mass is 344 g/mol. The molecule has 25 heavy (non-hydrogen) atoms. The highest BCUT2D eigenvalue weighted by Crippen LogP contribution is 2.29. The van der Waals surface area contributed by atoms with Crippen LogP contribution >= 0.6 is 11.3 Å². The number of benzene rings is 3. The SMILES string of the molecule is Cc1c(/C=N/NC(=O)c2cccc3ccccc23)sc2ccccc12. The first kappa shape index (κ1) is 15.5.